The van der Waals surface area contributed by atoms with Crippen molar-refractivity contribution in [3.8, 4) is 5.75 Å². The highest BCUT2D eigenvalue weighted by atomic mass is 35.5. The lowest BCUT2D eigenvalue weighted by Crippen LogP contribution is -2.33. The van der Waals surface area contributed by atoms with Crippen LogP contribution in [-0.2, 0) is 13.0 Å². The fraction of sp³-hybridized carbons (Fsp3) is 0.278. The Morgan fingerprint density at radius 3 is 2.74 bits per heavy atom. The fourth-order valence-corrected chi connectivity index (χ4v) is 2.81. The average molecular weight is 332 g/mol. The van der Waals surface area contributed by atoms with Gasteiger partial charge in [0.15, 0.2) is 0 Å². The molecule has 1 aliphatic rings. The molecule has 0 aliphatic carbocycles. The molecule has 2 aromatic carbocycles. The molecule has 1 aliphatic heterocycles. The maximum Gasteiger partial charge on any atom is 0.254 e. The third kappa shape index (κ3) is 3.66. The highest BCUT2D eigenvalue weighted by Gasteiger charge is 2.19. The Labute approximate surface area is 140 Å². The van der Waals surface area contributed by atoms with Crippen molar-refractivity contribution in [3.05, 3.63) is 64.2 Å². The Bertz CT molecular complexity index is 700. The van der Waals surface area contributed by atoms with Crippen molar-refractivity contribution in [2.45, 2.75) is 13.0 Å². The molecule has 23 heavy (non-hydrogen) atoms. The van der Waals surface area contributed by atoms with E-state index in [1.54, 1.807) is 23.1 Å². The van der Waals surface area contributed by atoms with Crippen LogP contribution in [0.4, 0.5) is 0 Å². The number of hydrogen-bond donors (Lipinski definition) is 1. The van der Waals surface area contributed by atoms with Crippen LogP contribution < -0.4 is 4.74 Å². The zero-order valence-electron chi connectivity index (χ0n) is 12.7. The van der Waals surface area contributed by atoms with Gasteiger partial charge < -0.3 is 14.7 Å². The van der Waals surface area contributed by atoms with Crippen molar-refractivity contribution in [3.63, 3.8) is 0 Å². The summed E-state index contributed by atoms with van der Waals surface area (Å²) < 4.78 is 5.47. The lowest BCUT2D eigenvalue weighted by Gasteiger charge is -2.22. The molecular formula is C18H18ClNO3. The van der Waals surface area contributed by atoms with Crippen molar-refractivity contribution >= 4 is 17.5 Å². The number of benzene rings is 2. The van der Waals surface area contributed by atoms with E-state index in [-0.39, 0.29) is 19.1 Å². The first kappa shape index (κ1) is 15.8. The van der Waals surface area contributed by atoms with Gasteiger partial charge in [0.2, 0.25) is 0 Å². The van der Waals surface area contributed by atoms with E-state index in [0.717, 1.165) is 23.3 Å². The minimum absolute atomic E-state index is 0.0760. The molecule has 0 saturated heterocycles. The van der Waals surface area contributed by atoms with Crippen LogP contribution in [0.3, 0.4) is 0 Å². The van der Waals surface area contributed by atoms with Crippen molar-refractivity contribution in [2.24, 2.45) is 0 Å². The van der Waals surface area contributed by atoms with Gasteiger partial charge in [0.1, 0.15) is 5.75 Å². The molecule has 1 amide bonds. The number of hydrogen-bond acceptors (Lipinski definition) is 3. The number of amides is 1. The second kappa shape index (κ2) is 7.02. The normalized spacial score (nSPS) is 12.6. The molecule has 0 fully saturated rings. The van der Waals surface area contributed by atoms with E-state index >= 15 is 0 Å². The lowest BCUT2D eigenvalue weighted by molar-refractivity contribution is 0.0708. The van der Waals surface area contributed by atoms with E-state index in [0.29, 0.717) is 23.7 Å². The first-order chi connectivity index (χ1) is 11.2. The van der Waals surface area contributed by atoms with Gasteiger partial charge in [-0.05, 0) is 41.5 Å². The van der Waals surface area contributed by atoms with Crippen LogP contribution in [0.15, 0.2) is 42.5 Å². The molecule has 0 aromatic heterocycles. The summed E-state index contributed by atoms with van der Waals surface area (Å²) in [7, 11) is 0. The Morgan fingerprint density at radius 2 is 2.00 bits per heavy atom. The Balaban J connectivity index is 1.79. The minimum atomic E-state index is -0.0938. The van der Waals surface area contributed by atoms with Gasteiger partial charge in [-0.15, -0.1) is 0 Å². The van der Waals surface area contributed by atoms with Crippen molar-refractivity contribution in [2.75, 3.05) is 19.8 Å². The van der Waals surface area contributed by atoms with Crippen LogP contribution in [0, 0.1) is 0 Å². The summed E-state index contributed by atoms with van der Waals surface area (Å²) in [5.41, 5.74) is 2.66. The number of rotatable bonds is 5. The predicted molar refractivity (Wildman–Crippen MR) is 88.9 cm³/mol. The molecule has 0 spiro atoms. The van der Waals surface area contributed by atoms with Gasteiger partial charge in [0, 0.05) is 30.1 Å². The monoisotopic (exact) mass is 331 g/mol. The molecule has 2 aromatic rings. The Hall–Kier alpha value is -2.04. The molecule has 3 rings (SSSR count). The fourth-order valence-electron chi connectivity index (χ4n) is 2.69. The van der Waals surface area contributed by atoms with Crippen molar-refractivity contribution in [1.82, 2.24) is 4.90 Å². The summed E-state index contributed by atoms with van der Waals surface area (Å²) in [6, 6.07) is 12.9. The number of nitrogens with zero attached hydrogens (tertiary/aromatic N) is 1. The summed E-state index contributed by atoms with van der Waals surface area (Å²) in [5, 5.41) is 9.93. The van der Waals surface area contributed by atoms with Crippen LogP contribution in [-0.4, -0.2) is 35.7 Å². The van der Waals surface area contributed by atoms with E-state index < -0.39 is 0 Å². The predicted octanol–water partition coefficient (Wildman–Crippen LogP) is 2.91. The van der Waals surface area contributed by atoms with E-state index in [2.05, 4.69) is 0 Å². The number of aliphatic hydroxyl groups is 1. The average Bonchev–Trinajstić information content (AvgIpc) is 3.03. The highest BCUT2D eigenvalue weighted by molar-refractivity contribution is 6.30. The lowest BCUT2D eigenvalue weighted by atomic mass is 10.1. The summed E-state index contributed by atoms with van der Waals surface area (Å²) in [5.74, 6) is 0.761. The third-order valence-corrected chi connectivity index (χ3v) is 4.13. The second-order valence-corrected chi connectivity index (χ2v) is 5.93. The van der Waals surface area contributed by atoms with Gasteiger partial charge in [-0.2, -0.15) is 0 Å². The minimum Gasteiger partial charge on any atom is -0.493 e. The number of carbonyl (C=O) groups excluding carboxylic acids is 1. The summed E-state index contributed by atoms with van der Waals surface area (Å²) in [4.78, 5) is 14.4. The Morgan fingerprint density at radius 1 is 1.22 bits per heavy atom. The molecular weight excluding hydrogens is 314 g/mol. The first-order valence-electron chi connectivity index (χ1n) is 7.57. The second-order valence-electron chi connectivity index (χ2n) is 5.50. The summed E-state index contributed by atoms with van der Waals surface area (Å²) in [6.45, 7) is 1.31. The summed E-state index contributed by atoms with van der Waals surface area (Å²) in [6.07, 6.45) is 0.827. The smallest absolute Gasteiger partial charge is 0.254 e. The SMILES string of the molecule is O=C(c1ccc2c(c1)CCO2)N(CCO)Cc1ccc(Cl)cc1. The van der Waals surface area contributed by atoms with Gasteiger partial charge in [0.25, 0.3) is 5.91 Å². The van der Waals surface area contributed by atoms with Gasteiger partial charge in [0.05, 0.1) is 13.2 Å². The van der Waals surface area contributed by atoms with Crippen LogP contribution in [0.1, 0.15) is 21.5 Å². The topological polar surface area (TPSA) is 49.8 Å². The third-order valence-electron chi connectivity index (χ3n) is 3.88. The quantitative estimate of drug-likeness (QED) is 0.916. The van der Waals surface area contributed by atoms with Crippen LogP contribution in [0.25, 0.3) is 0 Å². The molecule has 120 valence electrons. The van der Waals surface area contributed by atoms with E-state index in [1.165, 1.54) is 0 Å². The van der Waals surface area contributed by atoms with Crippen molar-refractivity contribution < 1.29 is 14.6 Å². The zero-order chi connectivity index (χ0) is 16.2. The van der Waals surface area contributed by atoms with Crippen LogP contribution in [0.2, 0.25) is 5.02 Å². The van der Waals surface area contributed by atoms with Gasteiger partial charge in [-0.25, -0.2) is 0 Å². The van der Waals surface area contributed by atoms with Crippen LogP contribution >= 0.6 is 11.6 Å². The van der Waals surface area contributed by atoms with E-state index in [4.69, 9.17) is 16.3 Å². The molecule has 1 N–H and O–H groups in total. The number of halogens is 1. The molecule has 1 heterocycles. The van der Waals surface area contributed by atoms with E-state index in [9.17, 15) is 9.90 Å². The highest BCUT2D eigenvalue weighted by Crippen LogP contribution is 2.26. The van der Waals surface area contributed by atoms with Crippen molar-refractivity contribution in [1.29, 1.82) is 0 Å². The number of fused-ring (bicyclic) bond motifs is 1. The molecule has 4 nitrogen and oxygen atoms in total. The standard InChI is InChI=1S/C18H18ClNO3/c19-16-4-1-13(2-5-16)12-20(8-9-21)18(22)15-3-6-17-14(11-15)7-10-23-17/h1-6,11,21H,7-10,12H2. The van der Waals surface area contributed by atoms with Gasteiger partial charge >= 0.3 is 0 Å². The number of ether oxygens (including phenoxy) is 1. The summed E-state index contributed by atoms with van der Waals surface area (Å²) >= 11 is 5.89. The van der Waals surface area contributed by atoms with Crippen LogP contribution in [0.5, 0.6) is 5.75 Å². The number of carbonyl (C=O) groups is 1. The largest absolute Gasteiger partial charge is 0.493 e. The zero-order valence-corrected chi connectivity index (χ0v) is 13.4. The molecule has 5 heteroatoms. The van der Waals surface area contributed by atoms with Gasteiger partial charge in [-0.1, -0.05) is 23.7 Å². The molecule has 0 bridgehead atoms. The molecule has 0 unspecified atom stereocenters. The van der Waals surface area contributed by atoms with Gasteiger partial charge in [-0.3, -0.25) is 4.79 Å². The Kier molecular flexibility index (Phi) is 4.84. The maximum atomic E-state index is 12.8. The number of aliphatic hydroxyl groups excluding tert-OH is 1. The molecule has 0 atom stereocenters. The molecule has 0 saturated carbocycles. The first-order valence-corrected chi connectivity index (χ1v) is 7.95. The molecule has 0 radical (unpaired) electrons. The van der Waals surface area contributed by atoms with E-state index in [1.807, 2.05) is 24.3 Å². The maximum absolute atomic E-state index is 12.8.